The highest BCUT2D eigenvalue weighted by molar-refractivity contribution is 6.32. The number of halogens is 2. The fourth-order valence-electron chi connectivity index (χ4n) is 3.25. The molecular weight excluding hydrogens is 309 g/mol. The van der Waals surface area contributed by atoms with Crippen LogP contribution in [0, 0.1) is 6.92 Å². The molecule has 0 spiro atoms. The van der Waals surface area contributed by atoms with Crippen LogP contribution in [0.25, 0.3) is 0 Å². The highest BCUT2D eigenvalue weighted by Crippen LogP contribution is 2.34. The summed E-state index contributed by atoms with van der Waals surface area (Å²) in [5.41, 5.74) is 2.26. The summed E-state index contributed by atoms with van der Waals surface area (Å²) in [6.45, 7) is 5.15. The molecule has 6 heteroatoms. The van der Waals surface area contributed by atoms with E-state index in [4.69, 9.17) is 11.6 Å². The number of rotatable bonds is 2. The highest BCUT2D eigenvalue weighted by Gasteiger charge is 2.35. The average Bonchev–Trinajstić information content (AvgIpc) is 2.91. The number of carbonyl (C=O) groups is 1. The maximum absolute atomic E-state index is 11.6. The second-order valence-corrected chi connectivity index (χ2v) is 5.96. The van der Waals surface area contributed by atoms with Crippen molar-refractivity contribution in [2.24, 2.45) is 0 Å². The third-order valence-electron chi connectivity index (χ3n) is 4.28. The fraction of sp³-hybridized carbons (Fsp3) is 0.533. The summed E-state index contributed by atoms with van der Waals surface area (Å²) in [5, 5.41) is 7.27. The summed E-state index contributed by atoms with van der Waals surface area (Å²) >= 11 is 6.47. The lowest BCUT2D eigenvalue weighted by Crippen LogP contribution is -2.52. The zero-order chi connectivity index (χ0) is 14.1. The van der Waals surface area contributed by atoms with Crippen molar-refractivity contribution in [2.75, 3.05) is 26.2 Å². The molecule has 116 valence electrons. The van der Waals surface area contributed by atoms with Crippen LogP contribution in [0.5, 0.6) is 0 Å². The molecule has 4 nitrogen and oxygen atoms in total. The monoisotopic (exact) mass is 329 g/mol. The van der Waals surface area contributed by atoms with Gasteiger partial charge in [-0.3, -0.25) is 9.69 Å². The standard InChI is InChI=1S/C15H20ClN3O.ClH/c1-10-3-2-4-11(14(10)16)15-12(5-6-18-15)19-8-7-17-13(20)9-19;/h2-4,12,15,18H,5-9H2,1H3,(H,17,20);1H/t12-,15-;/m0./s1. The lowest BCUT2D eigenvalue weighted by molar-refractivity contribution is -0.125. The normalized spacial score (nSPS) is 26.3. The van der Waals surface area contributed by atoms with Crippen molar-refractivity contribution in [3.05, 3.63) is 34.3 Å². The smallest absolute Gasteiger partial charge is 0.234 e. The van der Waals surface area contributed by atoms with E-state index < -0.39 is 0 Å². The molecule has 2 N–H and O–H groups in total. The van der Waals surface area contributed by atoms with Crippen LogP contribution in [-0.4, -0.2) is 43.0 Å². The summed E-state index contributed by atoms with van der Waals surface area (Å²) in [4.78, 5) is 13.9. The van der Waals surface area contributed by atoms with Gasteiger partial charge < -0.3 is 10.6 Å². The summed E-state index contributed by atoms with van der Waals surface area (Å²) in [7, 11) is 0. The molecule has 2 fully saturated rings. The van der Waals surface area contributed by atoms with E-state index >= 15 is 0 Å². The van der Waals surface area contributed by atoms with E-state index in [-0.39, 0.29) is 24.4 Å². The number of amides is 1. The SMILES string of the molecule is Cc1cccc([C@@H]2NCC[C@@H]2N2CCNC(=O)C2)c1Cl.Cl. The summed E-state index contributed by atoms with van der Waals surface area (Å²) in [6, 6.07) is 6.74. The Hall–Kier alpha value is -0.810. The Bertz CT molecular complexity index is 524. The lowest BCUT2D eigenvalue weighted by Gasteiger charge is -2.35. The number of piperazine rings is 1. The third-order valence-corrected chi connectivity index (χ3v) is 4.80. The largest absolute Gasteiger partial charge is 0.354 e. The van der Waals surface area contributed by atoms with Gasteiger partial charge in [-0.1, -0.05) is 29.8 Å². The predicted octanol–water partition coefficient (Wildman–Crippen LogP) is 1.91. The van der Waals surface area contributed by atoms with Crippen molar-refractivity contribution in [1.82, 2.24) is 15.5 Å². The van der Waals surface area contributed by atoms with Gasteiger partial charge in [0.25, 0.3) is 0 Å². The van der Waals surface area contributed by atoms with E-state index in [1.54, 1.807) is 0 Å². The van der Waals surface area contributed by atoms with Crippen molar-refractivity contribution in [3.8, 4) is 0 Å². The van der Waals surface area contributed by atoms with Gasteiger partial charge in [0.15, 0.2) is 0 Å². The van der Waals surface area contributed by atoms with E-state index in [2.05, 4.69) is 27.7 Å². The van der Waals surface area contributed by atoms with Gasteiger partial charge in [0, 0.05) is 30.2 Å². The Morgan fingerprint density at radius 3 is 2.90 bits per heavy atom. The topological polar surface area (TPSA) is 44.4 Å². The maximum Gasteiger partial charge on any atom is 0.234 e. The van der Waals surface area contributed by atoms with Crippen LogP contribution in [0.3, 0.4) is 0 Å². The molecule has 0 aromatic heterocycles. The number of benzene rings is 1. The van der Waals surface area contributed by atoms with Gasteiger partial charge in [-0.15, -0.1) is 12.4 Å². The van der Waals surface area contributed by atoms with Crippen LogP contribution in [0.1, 0.15) is 23.6 Å². The van der Waals surface area contributed by atoms with Crippen LogP contribution in [0.2, 0.25) is 5.02 Å². The minimum Gasteiger partial charge on any atom is -0.354 e. The average molecular weight is 330 g/mol. The van der Waals surface area contributed by atoms with Crippen molar-refractivity contribution < 1.29 is 4.79 Å². The van der Waals surface area contributed by atoms with Gasteiger partial charge in [0.05, 0.1) is 6.54 Å². The minimum atomic E-state index is 0. The molecule has 0 radical (unpaired) electrons. The second kappa shape index (κ2) is 6.97. The molecule has 0 aliphatic carbocycles. The van der Waals surface area contributed by atoms with E-state index in [1.807, 2.05) is 13.0 Å². The van der Waals surface area contributed by atoms with E-state index in [9.17, 15) is 4.79 Å². The molecular formula is C15H21Cl2N3O. The zero-order valence-electron chi connectivity index (χ0n) is 12.1. The van der Waals surface area contributed by atoms with Crippen LogP contribution in [0.15, 0.2) is 18.2 Å². The first-order chi connectivity index (χ1) is 9.66. The Morgan fingerprint density at radius 1 is 1.33 bits per heavy atom. The number of nitrogens with one attached hydrogen (secondary N) is 2. The Morgan fingerprint density at radius 2 is 2.14 bits per heavy atom. The van der Waals surface area contributed by atoms with Crippen LogP contribution < -0.4 is 10.6 Å². The van der Waals surface area contributed by atoms with E-state index in [0.717, 1.165) is 42.2 Å². The third kappa shape index (κ3) is 3.34. The van der Waals surface area contributed by atoms with Crippen molar-refractivity contribution >= 4 is 29.9 Å². The van der Waals surface area contributed by atoms with E-state index in [1.165, 1.54) is 0 Å². The first-order valence-corrected chi connectivity index (χ1v) is 7.54. The van der Waals surface area contributed by atoms with Crippen LogP contribution in [0.4, 0.5) is 0 Å². The lowest BCUT2D eigenvalue weighted by atomic mass is 9.97. The molecule has 0 bridgehead atoms. The number of carbonyl (C=O) groups excluding carboxylic acids is 1. The molecule has 2 aliphatic rings. The Kier molecular flexibility index (Phi) is 5.49. The van der Waals surface area contributed by atoms with Gasteiger partial charge in [0.1, 0.15) is 0 Å². The number of aryl methyl sites for hydroxylation is 1. The predicted molar refractivity (Wildman–Crippen MR) is 87.2 cm³/mol. The first kappa shape index (κ1) is 16.6. The molecule has 2 atom stereocenters. The molecule has 2 saturated heterocycles. The molecule has 0 unspecified atom stereocenters. The molecule has 1 amide bonds. The van der Waals surface area contributed by atoms with Gasteiger partial charge >= 0.3 is 0 Å². The van der Waals surface area contributed by atoms with Crippen LogP contribution in [-0.2, 0) is 4.79 Å². The summed E-state index contributed by atoms with van der Waals surface area (Å²) in [5.74, 6) is 0.122. The molecule has 21 heavy (non-hydrogen) atoms. The maximum atomic E-state index is 11.6. The van der Waals surface area contributed by atoms with Crippen LogP contribution >= 0.6 is 24.0 Å². The number of hydrogen-bond donors (Lipinski definition) is 2. The van der Waals surface area contributed by atoms with Gasteiger partial charge in [0.2, 0.25) is 5.91 Å². The fourth-order valence-corrected chi connectivity index (χ4v) is 3.50. The van der Waals surface area contributed by atoms with Gasteiger partial charge in [-0.25, -0.2) is 0 Å². The van der Waals surface area contributed by atoms with Crippen molar-refractivity contribution in [2.45, 2.75) is 25.4 Å². The van der Waals surface area contributed by atoms with E-state index in [0.29, 0.717) is 12.6 Å². The molecule has 2 aliphatic heterocycles. The summed E-state index contributed by atoms with van der Waals surface area (Å²) in [6.07, 6.45) is 1.06. The van der Waals surface area contributed by atoms with Gasteiger partial charge in [-0.05, 0) is 31.0 Å². The van der Waals surface area contributed by atoms with Gasteiger partial charge in [-0.2, -0.15) is 0 Å². The second-order valence-electron chi connectivity index (χ2n) is 5.59. The molecule has 3 rings (SSSR count). The molecule has 1 aromatic carbocycles. The number of hydrogen-bond acceptors (Lipinski definition) is 3. The molecule has 1 aromatic rings. The quantitative estimate of drug-likeness (QED) is 0.871. The Labute approximate surface area is 136 Å². The molecule has 2 heterocycles. The highest BCUT2D eigenvalue weighted by atomic mass is 35.5. The minimum absolute atomic E-state index is 0. The van der Waals surface area contributed by atoms with Crippen molar-refractivity contribution in [3.63, 3.8) is 0 Å². The van der Waals surface area contributed by atoms with Crippen molar-refractivity contribution in [1.29, 1.82) is 0 Å². The Balaban J connectivity index is 0.00000161. The molecule has 0 saturated carbocycles. The number of nitrogens with zero attached hydrogens (tertiary/aromatic N) is 1. The first-order valence-electron chi connectivity index (χ1n) is 7.16. The summed E-state index contributed by atoms with van der Waals surface area (Å²) < 4.78 is 0. The zero-order valence-corrected chi connectivity index (χ0v) is 13.6.